The van der Waals surface area contributed by atoms with Crippen molar-refractivity contribution in [2.24, 2.45) is 11.8 Å². The van der Waals surface area contributed by atoms with Crippen molar-refractivity contribution in [1.29, 1.82) is 0 Å². The second-order valence-electron chi connectivity index (χ2n) is 8.63. The summed E-state index contributed by atoms with van der Waals surface area (Å²) in [5, 5.41) is 10.2. The van der Waals surface area contributed by atoms with Gasteiger partial charge in [0.2, 0.25) is 0 Å². The summed E-state index contributed by atoms with van der Waals surface area (Å²) in [5.41, 5.74) is 4.58. The van der Waals surface area contributed by atoms with Crippen molar-refractivity contribution in [3.63, 3.8) is 0 Å². The third-order valence-electron chi connectivity index (χ3n) is 6.53. The molecule has 0 atom stereocenters. The molecule has 1 fully saturated rings. The van der Waals surface area contributed by atoms with Crippen molar-refractivity contribution in [1.82, 2.24) is 4.90 Å². The van der Waals surface area contributed by atoms with Gasteiger partial charge in [0.25, 0.3) is 0 Å². The van der Waals surface area contributed by atoms with E-state index in [2.05, 4.69) is 67.3 Å². The normalized spacial score (nSPS) is 15.0. The molecular formula is C26H31NO3. The Morgan fingerprint density at radius 2 is 1.77 bits per heavy atom. The van der Waals surface area contributed by atoms with Crippen molar-refractivity contribution in [2.45, 2.75) is 46.1 Å². The Labute approximate surface area is 178 Å². The first-order valence-corrected chi connectivity index (χ1v) is 11.1. The van der Waals surface area contributed by atoms with Gasteiger partial charge in [0.15, 0.2) is 0 Å². The number of fused-ring (bicyclic) bond motifs is 1. The Morgan fingerprint density at radius 3 is 2.43 bits per heavy atom. The highest BCUT2D eigenvalue weighted by molar-refractivity contribution is 5.83. The number of hydrogen-bond acceptors (Lipinski definition) is 3. The summed E-state index contributed by atoms with van der Waals surface area (Å²) in [6, 6.07) is 17.1. The average Bonchev–Trinajstić information content (AvgIpc) is 3.14. The number of rotatable bonds is 9. The van der Waals surface area contributed by atoms with E-state index < -0.39 is 5.97 Å². The van der Waals surface area contributed by atoms with Crippen LogP contribution in [0.1, 0.15) is 44.2 Å². The van der Waals surface area contributed by atoms with E-state index >= 15 is 0 Å². The topological polar surface area (TPSA) is 53.7 Å². The molecule has 30 heavy (non-hydrogen) atoms. The van der Waals surface area contributed by atoms with Crippen LogP contribution in [0.25, 0.3) is 22.3 Å². The van der Waals surface area contributed by atoms with Gasteiger partial charge in [-0.1, -0.05) is 57.0 Å². The van der Waals surface area contributed by atoms with Crippen LogP contribution in [0.15, 0.2) is 52.9 Å². The van der Waals surface area contributed by atoms with Gasteiger partial charge in [0.1, 0.15) is 11.3 Å². The van der Waals surface area contributed by atoms with Crippen molar-refractivity contribution >= 4 is 16.9 Å². The molecule has 0 radical (unpaired) electrons. The van der Waals surface area contributed by atoms with E-state index in [9.17, 15) is 4.79 Å². The van der Waals surface area contributed by atoms with E-state index in [-0.39, 0.29) is 5.92 Å². The second kappa shape index (κ2) is 9.05. The van der Waals surface area contributed by atoms with Crippen LogP contribution in [0, 0.1) is 11.8 Å². The van der Waals surface area contributed by atoms with Crippen LogP contribution < -0.4 is 0 Å². The number of benzene rings is 2. The van der Waals surface area contributed by atoms with E-state index in [0.29, 0.717) is 13.1 Å². The molecule has 0 saturated carbocycles. The van der Waals surface area contributed by atoms with Gasteiger partial charge in [-0.15, -0.1) is 0 Å². The standard InChI is InChI=1S/C26H31NO3/c1-3-18(4-2)5-6-19-9-12-24-22(13-19)14-25(30-24)21-10-7-20(8-11-21)15-27-16-23(17-27)26(28)29/h7-14,18,23H,3-6,15-17H2,1-2H3,(H,28,29). The van der Waals surface area contributed by atoms with Crippen LogP contribution in [0.5, 0.6) is 0 Å². The highest BCUT2D eigenvalue weighted by Gasteiger charge is 2.32. The minimum absolute atomic E-state index is 0.209. The SMILES string of the molecule is CCC(CC)CCc1ccc2oc(-c3ccc(CN4CC(C(=O)O)C4)cc3)cc2c1. The molecule has 2 aromatic carbocycles. The smallest absolute Gasteiger partial charge is 0.309 e. The molecule has 158 valence electrons. The van der Waals surface area contributed by atoms with Crippen molar-refractivity contribution in [3.05, 3.63) is 59.7 Å². The molecule has 0 spiro atoms. The van der Waals surface area contributed by atoms with Crippen LogP contribution in [0.2, 0.25) is 0 Å². The van der Waals surface area contributed by atoms with Crippen LogP contribution in [0.3, 0.4) is 0 Å². The first kappa shape index (κ1) is 20.7. The van der Waals surface area contributed by atoms with Gasteiger partial charge in [-0.05, 0) is 48.1 Å². The molecule has 2 heterocycles. The molecule has 0 unspecified atom stereocenters. The molecule has 0 amide bonds. The Hall–Kier alpha value is -2.59. The average molecular weight is 406 g/mol. The lowest BCUT2D eigenvalue weighted by Crippen LogP contribution is -2.49. The number of nitrogens with zero attached hydrogens (tertiary/aromatic N) is 1. The van der Waals surface area contributed by atoms with Crippen LogP contribution in [-0.2, 0) is 17.8 Å². The van der Waals surface area contributed by atoms with Crippen molar-refractivity contribution < 1.29 is 14.3 Å². The van der Waals surface area contributed by atoms with Crippen molar-refractivity contribution in [3.8, 4) is 11.3 Å². The molecule has 1 N–H and O–H groups in total. The Kier molecular flexibility index (Phi) is 6.24. The fourth-order valence-electron chi connectivity index (χ4n) is 4.35. The first-order valence-electron chi connectivity index (χ1n) is 11.1. The second-order valence-corrected chi connectivity index (χ2v) is 8.63. The maximum atomic E-state index is 10.9. The Bertz CT molecular complexity index is 995. The summed E-state index contributed by atoms with van der Waals surface area (Å²) >= 11 is 0. The van der Waals surface area contributed by atoms with Gasteiger partial charge >= 0.3 is 5.97 Å². The largest absolute Gasteiger partial charge is 0.481 e. The predicted molar refractivity (Wildman–Crippen MR) is 120 cm³/mol. The van der Waals surface area contributed by atoms with Gasteiger partial charge in [0.05, 0.1) is 5.92 Å². The lowest BCUT2D eigenvalue weighted by molar-refractivity contribution is -0.147. The lowest BCUT2D eigenvalue weighted by atomic mass is 9.95. The quantitative estimate of drug-likeness (QED) is 0.475. The van der Waals surface area contributed by atoms with Crippen LogP contribution in [-0.4, -0.2) is 29.1 Å². The molecule has 4 heteroatoms. The number of hydrogen-bond donors (Lipinski definition) is 1. The third kappa shape index (κ3) is 4.59. The molecule has 1 aliphatic rings. The van der Waals surface area contributed by atoms with E-state index in [1.54, 1.807) is 0 Å². The number of carboxylic acids is 1. The first-order chi connectivity index (χ1) is 14.6. The predicted octanol–water partition coefficient (Wildman–Crippen LogP) is 5.99. The van der Waals surface area contributed by atoms with Gasteiger partial charge in [-0.2, -0.15) is 0 Å². The van der Waals surface area contributed by atoms with Gasteiger partial charge < -0.3 is 9.52 Å². The van der Waals surface area contributed by atoms with Crippen LogP contribution >= 0.6 is 0 Å². The molecule has 4 rings (SSSR count). The summed E-state index contributed by atoms with van der Waals surface area (Å²) in [5.74, 6) is 0.804. The number of carbonyl (C=O) groups is 1. The molecule has 0 bridgehead atoms. The molecule has 4 nitrogen and oxygen atoms in total. The van der Waals surface area contributed by atoms with E-state index in [1.807, 2.05) is 0 Å². The zero-order valence-electron chi connectivity index (χ0n) is 17.9. The third-order valence-corrected chi connectivity index (χ3v) is 6.53. The monoisotopic (exact) mass is 405 g/mol. The maximum absolute atomic E-state index is 10.9. The van der Waals surface area contributed by atoms with E-state index in [4.69, 9.17) is 9.52 Å². The maximum Gasteiger partial charge on any atom is 0.309 e. The van der Waals surface area contributed by atoms with E-state index in [1.165, 1.54) is 30.4 Å². The number of carboxylic acid groups (broad SMARTS) is 1. The highest BCUT2D eigenvalue weighted by Crippen LogP contribution is 2.30. The molecular weight excluding hydrogens is 374 g/mol. The van der Waals surface area contributed by atoms with Crippen molar-refractivity contribution in [2.75, 3.05) is 13.1 Å². The zero-order chi connectivity index (χ0) is 21.1. The minimum atomic E-state index is -0.690. The van der Waals surface area contributed by atoms with Crippen LogP contribution in [0.4, 0.5) is 0 Å². The molecule has 1 aliphatic heterocycles. The van der Waals surface area contributed by atoms with Gasteiger partial charge in [-0.3, -0.25) is 9.69 Å². The lowest BCUT2D eigenvalue weighted by Gasteiger charge is -2.36. The number of likely N-dealkylation sites (tertiary alicyclic amines) is 1. The minimum Gasteiger partial charge on any atom is -0.481 e. The Morgan fingerprint density at radius 1 is 1.07 bits per heavy atom. The van der Waals surface area contributed by atoms with Gasteiger partial charge in [0, 0.05) is 30.6 Å². The molecule has 0 aliphatic carbocycles. The summed E-state index contributed by atoms with van der Waals surface area (Å²) < 4.78 is 6.10. The van der Waals surface area contributed by atoms with Gasteiger partial charge in [-0.25, -0.2) is 0 Å². The zero-order valence-corrected chi connectivity index (χ0v) is 17.9. The summed E-state index contributed by atoms with van der Waals surface area (Å²) in [6.45, 7) is 6.63. The molecule has 1 saturated heterocycles. The number of aryl methyl sites for hydroxylation is 1. The summed E-state index contributed by atoms with van der Waals surface area (Å²) in [4.78, 5) is 13.1. The summed E-state index contributed by atoms with van der Waals surface area (Å²) in [6.07, 6.45) is 4.87. The highest BCUT2D eigenvalue weighted by atomic mass is 16.4. The molecule has 3 aromatic rings. The fourth-order valence-corrected chi connectivity index (χ4v) is 4.35. The molecule has 1 aromatic heterocycles. The number of furan rings is 1. The fraction of sp³-hybridized carbons (Fsp3) is 0.423. The summed E-state index contributed by atoms with van der Waals surface area (Å²) in [7, 11) is 0. The number of aliphatic carboxylic acids is 1. The Balaban J connectivity index is 1.41. The van der Waals surface area contributed by atoms with E-state index in [0.717, 1.165) is 41.2 Å².